The zero-order valence-corrected chi connectivity index (χ0v) is 13.4. The molecule has 0 aliphatic heterocycles. The number of carbonyl (C=O) groups is 2. The summed E-state index contributed by atoms with van der Waals surface area (Å²) < 4.78 is 0. The number of carbonyl (C=O) groups excluding carboxylic acids is 1. The van der Waals surface area contributed by atoms with Gasteiger partial charge in [-0.15, -0.1) is 0 Å². The number of hydrogen-bond donors (Lipinski definition) is 2. The van der Waals surface area contributed by atoms with Gasteiger partial charge in [0.1, 0.15) is 0 Å². The van der Waals surface area contributed by atoms with Crippen LogP contribution in [0.3, 0.4) is 0 Å². The third kappa shape index (κ3) is 3.62. The third-order valence-electron chi connectivity index (χ3n) is 3.78. The zero-order chi connectivity index (χ0) is 15.6. The second-order valence-corrected chi connectivity index (χ2v) is 6.51. The van der Waals surface area contributed by atoms with Crippen LogP contribution in [0.2, 0.25) is 15.1 Å². The Morgan fingerprint density at radius 3 is 2.14 bits per heavy atom. The molecule has 1 saturated carbocycles. The number of aliphatic carboxylic acids is 1. The lowest BCUT2D eigenvalue weighted by molar-refractivity contribution is -0.150. The molecule has 2 rings (SSSR count). The molecule has 1 amide bonds. The molecule has 1 aliphatic carbocycles. The van der Waals surface area contributed by atoms with Crippen molar-refractivity contribution in [3.8, 4) is 0 Å². The van der Waals surface area contributed by atoms with Gasteiger partial charge in [0.05, 0.1) is 21.1 Å². The standard InChI is InChI=1S/C14H14Cl3NO3/c15-8-5-9(16)12(10(17)6-8)18-11(19)7-14(13(20)21)3-1-2-4-14/h5-6H,1-4,7H2,(H,18,19)(H,20,21). The summed E-state index contributed by atoms with van der Waals surface area (Å²) in [7, 11) is 0. The Hall–Kier alpha value is -0.970. The first-order valence-electron chi connectivity index (χ1n) is 6.52. The average Bonchev–Trinajstić information content (AvgIpc) is 2.83. The molecule has 0 bridgehead atoms. The molecular formula is C14H14Cl3NO3. The number of nitrogens with one attached hydrogen (secondary N) is 1. The molecule has 0 aromatic heterocycles. The first kappa shape index (κ1) is 16.4. The number of carboxylic acids is 1. The van der Waals surface area contributed by atoms with Crippen LogP contribution in [0.1, 0.15) is 32.1 Å². The minimum Gasteiger partial charge on any atom is -0.481 e. The van der Waals surface area contributed by atoms with Crippen LogP contribution in [0, 0.1) is 5.41 Å². The van der Waals surface area contributed by atoms with E-state index in [-0.39, 0.29) is 22.2 Å². The highest BCUT2D eigenvalue weighted by molar-refractivity contribution is 6.42. The van der Waals surface area contributed by atoms with Gasteiger partial charge in [-0.05, 0) is 25.0 Å². The van der Waals surface area contributed by atoms with Crippen LogP contribution >= 0.6 is 34.8 Å². The molecule has 1 aromatic carbocycles. The van der Waals surface area contributed by atoms with Crippen molar-refractivity contribution in [3.05, 3.63) is 27.2 Å². The van der Waals surface area contributed by atoms with Crippen LogP contribution in [0.4, 0.5) is 5.69 Å². The topological polar surface area (TPSA) is 66.4 Å². The predicted octanol–water partition coefficient (Wildman–Crippen LogP) is 4.62. The van der Waals surface area contributed by atoms with E-state index in [0.29, 0.717) is 17.9 Å². The van der Waals surface area contributed by atoms with Crippen LogP contribution < -0.4 is 5.32 Å². The molecule has 2 N–H and O–H groups in total. The highest BCUT2D eigenvalue weighted by Crippen LogP contribution is 2.42. The number of hydrogen-bond acceptors (Lipinski definition) is 2. The first-order valence-corrected chi connectivity index (χ1v) is 7.65. The number of amides is 1. The van der Waals surface area contributed by atoms with E-state index in [1.807, 2.05) is 0 Å². The van der Waals surface area contributed by atoms with Gasteiger partial charge in [0.2, 0.25) is 5.91 Å². The van der Waals surface area contributed by atoms with Crippen LogP contribution in [0.15, 0.2) is 12.1 Å². The minimum atomic E-state index is -0.977. The van der Waals surface area contributed by atoms with Gasteiger partial charge < -0.3 is 10.4 Å². The summed E-state index contributed by atoms with van der Waals surface area (Å²) in [6.45, 7) is 0. The summed E-state index contributed by atoms with van der Waals surface area (Å²) in [5, 5.41) is 12.8. The molecule has 4 nitrogen and oxygen atoms in total. The summed E-state index contributed by atoms with van der Waals surface area (Å²) >= 11 is 17.8. The first-order chi connectivity index (χ1) is 9.84. The Morgan fingerprint density at radius 1 is 1.14 bits per heavy atom. The van der Waals surface area contributed by atoms with E-state index in [9.17, 15) is 14.7 Å². The Bertz CT molecular complexity index is 560. The van der Waals surface area contributed by atoms with Crippen LogP contribution in [-0.4, -0.2) is 17.0 Å². The Balaban J connectivity index is 2.14. The van der Waals surface area contributed by atoms with Crippen LogP contribution in [-0.2, 0) is 9.59 Å². The maximum Gasteiger partial charge on any atom is 0.310 e. The second kappa shape index (κ2) is 6.42. The van der Waals surface area contributed by atoms with Crippen LogP contribution in [0.25, 0.3) is 0 Å². The van der Waals surface area contributed by atoms with E-state index in [0.717, 1.165) is 12.8 Å². The lowest BCUT2D eigenvalue weighted by Crippen LogP contribution is -2.32. The predicted molar refractivity (Wildman–Crippen MR) is 83.3 cm³/mol. The molecule has 0 unspecified atom stereocenters. The molecule has 0 atom stereocenters. The second-order valence-electron chi connectivity index (χ2n) is 5.26. The monoisotopic (exact) mass is 349 g/mol. The van der Waals surface area contributed by atoms with Crippen molar-refractivity contribution >= 4 is 52.4 Å². The van der Waals surface area contributed by atoms with E-state index in [4.69, 9.17) is 34.8 Å². The summed E-state index contributed by atoms with van der Waals surface area (Å²) in [6.07, 6.45) is 2.58. The van der Waals surface area contributed by atoms with E-state index in [1.165, 1.54) is 12.1 Å². The van der Waals surface area contributed by atoms with Gasteiger partial charge in [-0.1, -0.05) is 47.6 Å². The molecule has 0 spiro atoms. The van der Waals surface area contributed by atoms with Crippen molar-refractivity contribution in [2.45, 2.75) is 32.1 Å². The molecule has 0 heterocycles. The maximum absolute atomic E-state index is 12.1. The molecule has 1 fully saturated rings. The Labute approximate surface area is 137 Å². The van der Waals surface area contributed by atoms with Crippen molar-refractivity contribution in [3.63, 3.8) is 0 Å². The number of carboxylic acid groups (broad SMARTS) is 1. The molecule has 0 radical (unpaired) electrons. The average molecular weight is 351 g/mol. The third-order valence-corrected chi connectivity index (χ3v) is 4.60. The lowest BCUT2D eigenvalue weighted by Gasteiger charge is -2.23. The number of rotatable bonds is 4. The van der Waals surface area contributed by atoms with E-state index in [1.54, 1.807) is 0 Å². The molecule has 7 heteroatoms. The Morgan fingerprint density at radius 2 is 1.67 bits per heavy atom. The zero-order valence-electron chi connectivity index (χ0n) is 11.1. The molecule has 114 valence electrons. The Kier molecular flexibility index (Phi) is 5.02. The molecule has 21 heavy (non-hydrogen) atoms. The number of halogens is 3. The van der Waals surface area contributed by atoms with Crippen molar-refractivity contribution in [2.24, 2.45) is 5.41 Å². The fourth-order valence-electron chi connectivity index (χ4n) is 2.67. The molecule has 0 saturated heterocycles. The molecule has 1 aliphatic rings. The number of benzene rings is 1. The van der Waals surface area contributed by atoms with E-state index in [2.05, 4.69) is 5.32 Å². The van der Waals surface area contributed by atoms with Crippen molar-refractivity contribution in [1.82, 2.24) is 0 Å². The summed E-state index contributed by atoms with van der Waals surface area (Å²) in [5.74, 6) is -1.34. The summed E-state index contributed by atoms with van der Waals surface area (Å²) in [5.41, 5.74) is -0.721. The van der Waals surface area contributed by atoms with Crippen LogP contribution in [0.5, 0.6) is 0 Å². The van der Waals surface area contributed by atoms with Gasteiger partial charge in [0.15, 0.2) is 0 Å². The normalized spacial score (nSPS) is 16.7. The fourth-order valence-corrected chi connectivity index (χ4v) is 3.58. The lowest BCUT2D eigenvalue weighted by atomic mass is 9.82. The van der Waals surface area contributed by atoms with Gasteiger partial charge in [-0.25, -0.2) is 0 Å². The quantitative estimate of drug-likeness (QED) is 0.832. The summed E-state index contributed by atoms with van der Waals surface area (Å²) in [4.78, 5) is 23.6. The van der Waals surface area contributed by atoms with Gasteiger partial charge in [-0.2, -0.15) is 0 Å². The summed E-state index contributed by atoms with van der Waals surface area (Å²) in [6, 6.07) is 2.93. The van der Waals surface area contributed by atoms with Crippen molar-refractivity contribution in [2.75, 3.05) is 5.32 Å². The maximum atomic E-state index is 12.1. The van der Waals surface area contributed by atoms with Gasteiger partial charge >= 0.3 is 5.97 Å². The smallest absolute Gasteiger partial charge is 0.310 e. The highest BCUT2D eigenvalue weighted by Gasteiger charge is 2.43. The number of anilines is 1. The van der Waals surface area contributed by atoms with Crippen molar-refractivity contribution in [1.29, 1.82) is 0 Å². The SMILES string of the molecule is O=C(CC1(C(=O)O)CCCC1)Nc1c(Cl)cc(Cl)cc1Cl. The minimum absolute atomic E-state index is 0.0857. The highest BCUT2D eigenvalue weighted by atomic mass is 35.5. The van der Waals surface area contributed by atoms with Gasteiger partial charge in [0.25, 0.3) is 0 Å². The largest absolute Gasteiger partial charge is 0.481 e. The van der Waals surface area contributed by atoms with E-state index < -0.39 is 17.3 Å². The van der Waals surface area contributed by atoms with E-state index >= 15 is 0 Å². The van der Waals surface area contributed by atoms with Gasteiger partial charge in [0, 0.05) is 11.4 Å². The molecular weight excluding hydrogens is 337 g/mol. The fraction of sp³-hybridized carbons (Fsp3) is 0.429. The van der Waals surface area contributed by atoms with Gasteiger partial charge in [-0.3, -0.25) is 9.59 Å². The molecule has 1 aromatic rings. The van der Waals surface area contributed by atoms with Crippen molar-refractivity contribution < 1.29 is 14.7 Å².